The van der Waals surface area contributed by atoms with Crippen LogP contribution < -0.4 is 0 Å². The minimum Gasteiger partial charge on any atom is -0.289 e. The number of fused-ring (bicyclic) bond motifs is 1. The van der Waals surface area contributed by atoms with Crippen LogP contribution in [0.2, 0.25) is 0 Å². The fraction of sp³-hybridized carbons (Fsp3) is 0.0870. The number of aryl methyl sites for hydroxylation is 1. The number of Topliss-reactive ketones (excluding diaryl/α,β-unsaturated/α-hetero) is 1. The van der Waals surface area contributed by atoms with Crippen molar-refractivity contribution in [3.63, 3.8) is 0 Å². The van der Waals surface area contributed by atoms with Crippen LogP contribution in [0, 0.1) is 12.7 Å². The quantitative estimate of drug-likeness (QED) is 0.564. The predicted molar refractivity (Wildman–Crippen MR) is 98.2 cm³/mol. The first-order valence-corrected chi connectivity index (χ1v) is 8.31. The first-order valence-electron chi connectivity index (χ1n) is 8.31. The van der Waals surface area contributed by atoms with E-state index in [1.807, 2.05) is 73.7 Å². The van der Waals surface area contributed by atoms with Crippen molar-refractivity contribution in [2.24, 2.45) is 0 Å². The molecule has 25 heavy (non-hydrogen) atoms. The lowest BCUT2D eigenvalue weighted by Gasteiger charge is -2.13. The van der Waals surface area contributed by atoms with E-state index in [9.17, 15) is 9.18 Å². The molecule has 1 nitrogen and oxygen atoms in total. The van der Waals surface area contributed by atoms with Gasteiger partial charge in [0.05, 0.1) is 5.56 Å². The first-order chi connectivity index (χ1) is 12.1. The Hall–Kier alpha value is -3.00. The van der Waals surface area contributed by atoms with Gasteiger partial charge in [-0.3, -0.25) is 4.79 Å². The summed E-state index contributed by atoms with van der Waals surface area (Å²) in [5, 5.41) is 0. The van der Waals surface area contributed by atoms with Crippen LogP contribution in [0.25, 0.3) is 6.08 Å². The van der Waals surface area contributed by atoms with Gasteiger partial charge in [-0.1, -0.05) is 72.3 Å². The Morgan fingerprint density at radius 2 is 1.60 bits per heavy atom. The smallest absolute Gasteiger partial charge is 0.193 e. The Bertz CT molecular complexity index is 969. The van der Waals surface area contributed by atoms with Crippen LogP contribution in [0.15, 0.2) is 78.4 Å². The maximum atomic E-state index is 14.3. The molecule has 122 valence electrons. The molecule has 0 radical (unpaired) electrons. The van der Waals surface area contributed by atoms with Gasteiger partial charge in [-0.2, -0.15) is 0 Å². The molecule has 0 aromatic heterocycles. The molecule has 0 bridgehead atoms. The van der Waals surface area contributed by atoms with E-state index < -0.39 is 5.82 Å². The summed E-state index contributed by atoms with van der Waals surface area (Å²) < 4.78 is 14.3. The number of carbonyl (C=O) groups excluding carboxylic acids is 1. The lowest BCUT2D eigenvalue weighted by Crippen LogP contribution is -2.02. The summed E-state index contributed by atoms with van der Waals surface area (Å²) >= 11 is 0. The zero-order valence-corrected chi connectivity index (χ0v) is 13.9. The number of hydrogen-bond donors (Lipinski definition) is 0. The highest BCUT2D eigenvalue weighted by Gasteiger charge is 2.37. The van der Waals surface area contributed by atoms with Crippen LogP contribution in [0.1, 0.15) is 38.5 Å². The SMILES string of the molecule is Cc1ccc(/C=C2\C(=O)c3c(F)cccc3[C@@H]2c2ccccc2)cc1. The van der Waals surface area contributed by atoms with Gasteiger partial charge in [-0.15, -0.1) is 0 Å². The molecule has 1 atom stereocenters. The zero-order valence-electron chi connectivity index (χ0n) is 13.9. The molecule has 2 heteroatoms. The largest absolute Gasteiger partial charge is 0.289 e. The molecule has 0 unspecified atom stereocenters. The Morgan fingerprint density at radius 3 is 2.32 bits per heavy atom. The number of halogens is 1. The lowest BCUT2D eigenvalue weighted by molar-refractivity contribution is 0.103. The standard InChI is InChI=1S/C23H17FO/c1-15-10-12-16(13-11-15)14-19-21(17-6-3-2-4-7-17)18-8-5-9-20(24)22(18)23(19)25/h2-14,21H,1H3/b19-14-/t21-/m0/s1. The summed E-state index contributed by atoms with van der Waals surface area (Å²) in [4.78, 5) is 13.0. The van der Waals surface area contributed by atoms with Crippen molar-refractivity contribution in [1.29, 1.82) is 0 Å². The number of allylic oxidation sites excluding steroid dienone is 1. The number of hydrogen-bond acceptors (Lipinski definition) is 1. The normalized spacial score (nSPS) is 17.8. The zero-order chi connectivity index (χ0) is 17.4. The van der Waals surface area contributed by atoms with Crippen molar-refractivity contribution >= 4 is 11.9 Å². The summed E-state index contributed by atoms with van der Waals surface area (Å²) in [6.45, 7) is 2.02. The van der Waals surface area contributed by atoms with Gasteiger partial charge in [0.25, 0.3) is 0 Å². The third-order valence-electron chi connectivity index (χ3n) is 4.69. The monoisotopic (exact) mass is 328 g/mol. The third kappa shape index (κ3) is 2.70. The topological polar surface area (TPSA) is 17.1 Å². The van der Waals surface area contributed by atoms with E-state index in [0.29, 0.717) is 5.57 Å². The second kappa shape index (κ2) is 6.14. The van der Waals surface area contributed by atoms with E-state index in [1.165, 1.54) is 6.07 Å². The van der Waals surface area contributed by atoms with Gasteiger partial charge in [-0.05, 0) is 35.8 Å². The molecule has 0 fully saturated rings. The molecule has 3 aromatic carbocycles. The van der Waals surface area contributed by atoms with Gasteiger partial charge < -0.3 is 0 Å². The predicted octanol–water partition coefficient (Wildman–Crippen LogP) is 5.55. The van der Waals surface area contributed by atoms with Crippen molar-refractivity contribution in [2.45, 2.75) is 12.8 Å². The molecule has 4 rings (SSSR count). The van der Waals surface area contributed by atoms with E-state index in [1.54, 1.807) is 6.07 Å². The molecule has 0 amide bonds. The molecule has 0 spiro atoms. The second-order valence-corrected chi connectivity index (χ2v) is 6.39. The Morgan fingerprint density at radius 1 is 0.880 bits per heavy atom. The number of ketones is 1. The van der Waals surface area contributed by atoms with Crippen LogP contribution in [0.4, 0.5) is 4.39 Å². The van der Waals surface area contributed by atoms with Gasteiger partial charge in [0, 0.05) is 11.5 Å². The average molecular weight is 328 g/mol. The van der Waals surface area contributed by atoms with E-state index in [-0.39, 0.29) is 17.3 Å². The third-order valence-corrected chi connectivity index (χ3v) is 4.69. The van der Waals surface area contributed by atoms with Crippen LogP contribution >= 0.6 is 0 Å². The van der Waals surface area contributed by atoms with E-state index in [4.69, 9.17) is 0 Å². The maximum absolute atomic E-state index is 14.3. The number of benzene rings is 3. The van der Waals surface area contributed by atoms with E-state index in [0.717, 1.165) is 22.3 Å². The molecule has 0 N–H and O–H groups in total. The molecule has 0 saturated carbocycles. The molecule has 1 aliphatic rings. The van der Waals surface area contributed by atoms with Gasteiger partial charge in [-0.25, -0.2) is 4.39 Å². The molecule has 1 aliphatic carbocycles. The fourth-order valence-corrected chi connectivity index (χ4v) is 3.46. The highest BCUT2D eigenvalue weighted by Crippen LogP contribution is 2.43. The van der Waals surface area contributed by atoms with Gasteiger partial charge in [0.2, 0.25) is 0 Å². The van der Waals surface area contributed by atoms with Crippen molar-refractivity contribution in [2.75, 3.05) is 0 Å². The highest BCUT2D eigenvalue weighted by molar-refractivity contribution is 6.17. The highest BCUT2D eigenvalue weighted by atomic mass is 19.1. The van der Waals surface area contributed by atoms with Crippen molar-refractivity contribution in [3.05, 3.63) is 112 Å². The average Bonchev–Trinajstić information content (AvgIpc) is 2.91. The fourth-order valence-electron chi connectivity index (χ4n) is 3.46. The Balaban J connectivity index is 1.92. The number of rotatable bonds is 2. The number of carbonyl (C=O) groups is 1. The molecule has 0 saturated heterocycles. The molecule has 0 heterocycles. The Labute approximate surface area is 146 Å². The van der Waals surface area contributed by atoms with E-state index >= 15 is 0 Å². The molecule has 0 aliphatic heterocycles. The summed E-state index contributed by atoms with van der Waals surface area (Å²) in [6.07, 6.45) is 1.89. The van der Waals surface area contributed by atoms with Crippen LogP contribution in [-0.4, -0.2) is 5.78 Å². The van der Waals surface area contributed by atoms with E-state index in [2.05, 4.69) is 0 Å². The summed E-state index contributed by atoms with van der Waals surface area (Å²) in [7, 11) is 0. The van der Waals surface area contributed by atoms with Crippen molar-refractivity contribution in [1.82, 2.24) is 0 Å². The minimum absolute atomic E-state index is 0.203. The van der Waals surface area contributed by atoms with Gasteiger partial charge in [0.1, 0.15) is 5.82 Å². The van der Waals surface area contributed by atoms with Crippen LogP contribution in [-0.2, 0) is 0 Å². The molecular formula is C23H17FO. The second-order valence-electron chi connectivity index (χ2n) is 6.39. The molecule has 3 aromatic rings. The summed E-state index contributed by atoms with van der Waals surface area (Å²) in [5.41, 5.74) is 4.68. The first kappa shape index (κ1) is 15.5. The van der Waals surface area contributed by atoms with Crippen LogP contribution in [0.5, 0.6) is 0 Å². The summed E-state index contributed by atoms with van der Waals surface area (Å²) in [6, 6.07) is 22.7. The minimum atomic E-state index is -0.448. The lowest BCUT2D eigenvalue weighted by atomic mass is 9.89. The van der Waals surface area contributed by atoms with Gasteiger partial charge >= 0.3 is 0 Å². The Kier molecular flexibility index (Phi) is 3.81. The van der Waals surface area contributed by atoms with Gasteiger partial charge in [0.15, 0.2) is 5.78 Å². The van der Waals surface area contributed by atoms with Crippen molar-refractivity contribution < 1.29 is 9.18 Å². The molecular weight excluding hydrogens is 311 g/mol. The summed E-state index contributed by atoms with van der Waals surface area (Å²) in [5.74, 6) is -0.904. The maximum Gasteiger partial charge on any atom is 0.193 e. The van der Waals surface area contributed by atoms with Crippen molar-refractivity contribution in [3.8, 4) is 0 Å². The van der Waals surface area contributed by atoms with Crippen LogP contribution in [0.3, 0.4) is 0 Å².